The number of urea groups is 1. The molecule has 0 radical (unpaired) electrons. The van der Waals surface area contributed by atoms with E-state index in [2.05, 4.69) is 12.2 Å². The van der Waals surface area contributed by atoms with Gasteiger partial charge in [0.1, 0.15) is 17.8 Å². The lowest BCUT2D eigenvalue weighted by atomic mass is 9.93. The Morgan fingerprint density at radius 2 is 1.89 bits per heavy atom. The molecular weight excluding hydrogens is 358 g/mol. The Balaban J connectivity index is 1.99. The number of rotatable bonds is 10. The quantitative estimate of drug-likeness (QED) is 0.624. The Morgan fingerprint density at radius 3 is 2.46 bits per heavy atom. The normalized spacial score (nSPS) is 18.9. The van der Waals surface area contributed by atoms with E-state index in [0.29, 0.717) is 25.9 Å². The van der Waals surface area contributed by atoms with Crippen molar-refractivity contribution in [3.05, 3.63) is 29.8 Å². The van der Waals surface area contributed by atoms with Crippen molar-refractivity contribution in [1.29, 1.82) is 0 Å². The maximum atomic E-state index is 12.9. The van der Waals surface area contributed by atoms with Crippen molar-refractivity contribution in [2.45, 2.75) is 52.0 Å². The number of nitrogens with zero attached hydrogens (tertiary/aromatic N) is 2. The first kappa shape index (κ1) is 21.7. The number of imide groups is 1. The van der Waals surface area contributed by atoms with Crippen molar-refractivity contribution in [2.24, 2.45) is 0 Å². The first-order chi connectivity index (χ1) is 13.3. The molecule has 154 valence electrons. The van der Waals surface area contributed by atoms with Gasteiger partial charge >= 0.3 is 6.03 Å². The van der Waals surface area contributed by atoms with E-state index in [1.807, 2.05) is 31.2 Å². The van der Waals surface area contributed by atoms with Crippen LogP contribution in [0.15, 0.2) is 24.3 Å². The van der Waals surface area contributed by atoms with Crippen molar-refractivity contribution in [3.63, 3.8) is 0 Å². The molecule has 7 nitrogen and oxygen atoms in total. The zero-order valence-corrected chi connectivity index (χ0v) is 17.3. The van der Waals surface area contributed by atoms with Crippen molar-refractivity contribution in [2.75, 3.05) is 26.7 Å². The highest BCUT2D eigenvalue weighted by atomic mass is 16.5. The molecule has 0 aliphatic carbocycles. The monoisotopic (exact) mass is 389 g/mol. The summed E-state index contributed by atoms with van der Waals surface area (Å²) in [6.07, 6.45) is 2.98. The zero-order chi connectivity index (χ0) is 20.7. The molecule has 2 rings (SSSR count). The van der Waals surface area contributed by atoms with E-state index in [4.69, 9.17) is 4.74 Å². The summed E-state index contributed by atoms with van der Waals surface area (Å²) in [6, 6.07) is 7.12. The van der Waals surface area contributed by atoms with E-state index in [-0.39, 0.29) is 18.4 Å². The first-order valence-electron chi connectivity index (χ1n) is 9.89. The summed E-state index contributed by atoms with van der Waals surface area (Å²) in [5.74, 6) is 0.234. The Hall–Kier alpha value is -2.57. The molecule has 1 atom stereocenters. The fourth-order valence-electron chi connectivity index (χ4n) is 3.29. The third-order valence-corrected chi connectivity index (χ3v) is 5.23. The molecule has 0 unspecified atom stereocenters. The average Bonchev–Trinajstić information content (AvgIpc) is 2.91. The SMILES string of the molecule is CCCCN(CC)C(=O)CN1C(=O)N[C@@](C)(CCc2ccc(OC)cc2)C1=O. The molecule has 0 aromatic heterocycles. The molecule has 1 fully saturated rings. The molecule has 1 aliphatic heterocycles. The lowest BCUT2D eigenvalue weighted by Gasteiger charge is -2.24. The lowest BCUT2D eigenvalue weighted by Crippen LogP contribution is -2.46. The second kappa shape index (κ2) is 9.57. The minimum Gasteiger partial charge on any atom is -0.497 e. The van der Waals surface area contributed by atoms with Gasteiger partial charge in [-0.25, -0.2) is 4.79 Å². The van der Waals surface area contributed by atoms with Crippen LogP contribution in [0.1, 0.15) is 45.6 Å². The topological polar surface area (TPSA) is 79.0 Å². The van der Waals surface area contributed by atoms with Crippen LogP contribution in [0.2, 0.25) is 0 Å². The van der Waals surface area contributed by atoms with Crippen LogP contribution in [0, 0.1) is 0 Å². The molecule has 0 saturated carbocycles. The van der Waals surface area contributed by atoms with Crippen LogP contribution in [-0.2, 0) is 16.0 Å². The fourth-order valence-corrected chi connectivity index (χ4v) is 3.29. The number of hydrogen-bond donors (Lipinski definition) is 1. The Labute approximate surface area is 167 Å². The molecule has 1 aromatic rings. The van der Waals surface area contributed by atoms with Gasteiger partial charge in [-0.15, -0.1) is 0 Å². The molecule has 7 heteroatoms. The molecular formula is C21H31N3O4. The van der Waals surface area contributed by atoms with Gasteiger partial charge in [0.2, 0.25) is 5.91 Å². The smallest absolute Gasteiger partial charge is 0.325 e. The number of methoxy groups -OCH3 is 1. The van der Waals surface area contributed by atoms with Gasteiger partial charge in [0.25, 0.3) is 5.91 Å². The number of carbonyl (C=O) groups excluding carboxylic acids is 3. The maximum Gasteiger partial charge on any atom is 0.325 e. The number of ether oxygens (including phenoxy) is 1. The molecule has 1 N–H and O–H groups in total. The molecule has 0 bridgehead atoms. The van der Waals surface area contributed by atoms with Gasteiger partial charge in [-0.2, -0.15) is 0 Å². The summed E-state index contributed by atoms with van der Waals surface area (Å²) >= 11 is 0. The molecule has 0 spiro atoms. The van der Waals surface area contributed by atoms with Gasteiger partial charge in [0.15, 0.2) is 0 Å². The minimum absolute atomic E-state index is 0.196. The van der Waals surface area contributed by atoms with Crippen LogP contribution in [-0.4, -0.2) is 59.9 Å². The number of benzene rings is 1. The molecule has 1 aromatic carbocycles. The van der Waals surface area contributed by atoms with E-state index in [0.717, 1.165) is 29.1 Å². The molecule has 4 amide bonds. The Morgan fingerprint density at radius 1 is 1.21 bits per heavy atom. The average molecular weight is 389 g/mol. The number of nitrogens with one attached hydrogen (secondary N) is 1. The van der Waals surface area contributed by atoms with E-state index in [1.165, 1.54) is 0 Å². The van der Waals surface area contributed by atoms with E-state index < -0.39 is 11.6 Å². The number of aryl methyl sites for hydroxylation is 1. The minimum atomic E-state index is -1.00. The van der Waals surface area contributed by atoms with E-state index in [1.54, 1.807) is 18.9 Å². The molecule has 1 aliphatic rings. The van der Waals surface area contributed by atoms with Crippen LogP contribution in [0.4, 0.5) is 4.79 Å². The van der Waals surface area contributed by atoms with Gasteiger partial charge in [-0.05, 0) is 50.8 Å². The summed E-state index contributed by atoms with van der Waals surface area (Å²) in [5, 5.41) is 2.77. The number of hydrogen-bond acceptors (Lipinski definition) is 4. The van der Waals surface area contributed by atoms with Crippen LogP contribution >= 0.6 is 0 Å². The van der Waals surface area contributed by atoms with E-state index in [9.17, 15) is 14.4 Å². The first-order valence-corrected chi connectivity index (χ1v) is 9.89. The van der Waals surface area contributed by atoms with Crippen LogP contribution in [0.25, 0.3) is 0 Å². The van der Waals surface area contributed by atoms with Gasteiger partial charge in [-0.3, -0.25) is 14.5 Å². The number of likely N-dealkylation sites (N-methyl/N-ethyl adjacent to an activating group) is 1. The Bertz CT molecular complexity index is 704. The second-order valence-electron chi connectivity index (χ2n) is 7.33. The molecule has 1 heterocycles. The van der Waals surface area contributed by atoms with Gasteiger partial charge in [0, 0.05) is 13.1 Å². The number of amides is 4. The van der Waals surface area contributed by atoms with Crippen LogP contribution < -0.4 is 10.1 Å². The van der Waals surface area contributed by atoms with Gasteiger partial charge in [-0.1, -0.05) is 25.5 Å². The van der Waals surface area contributed by atoms with Crippen molar-refractivity contribution in [3.8, 4) is 5.75 Å². The van der Waals surface area contributed by atoms with Crippen LogP contribution in [0.3, 0.4) is 0 Å². The summed E-state index contributed by atoms with van der Waals surface area (Å²) in [6.45, 7) is 6.68. The maximum absolute atomic E-state index is 12.9. The highest BCUT2D eigenvalue weighted by molar-refractivity contribution is 6.08. The summed E-state index contributed by atoms with van der Waals surface area (Å²) in [5.41, 5.74) is 0.0490. The Kier molecular flexibility index (Phi) is 7.43. The molecule has 28 heavy (non-hydrogen) atoms. The summed E-state index contributed by atoms with van der Waals surface area (Å²) < 4.78 is 5.15. The summed E-state index contributed by atoms with van der Waals surface area (Å²) in [4.78, 5) is 40.5. The predicted molar refractivity (Wildman–Crippen MR) is 107 cm³/mol. The van der Waals surface area contributed by atoms with Gasteiger partial charge < -0.3 is 15.0 Å². The van der Waals surface area contributed by atoms with Crippen molar-refractivity contribution in [1.82, 2.24) is 15.1 Å². The highest BCUT2D eigenvalue weighted by Gasteiger charge is 2.48. The van der Waals surface area contributed by atoms with E-state index >= 15 is 0 Å². The van der Waals surface area contributed by atoms with Crippen molar-refractivity contribution < 1.29 is 19.1 Å². The predicted octanol–water partition coefficient (Wildman–Crippen LogP) is 2.59. The number of unbranched alkanes of at least 4 members (excludes halogenated alkanes) is 1. The zero-order valence-electron chi connectivity index (χ0n) is 17.3. The number of carbonyl (C=O) groups is 3. The second-order valence-corrected chi connectivity index (χ2v) is 7.33. The standard InChI is InChI=1S/C21H31N3O4/c1-5-7-14-23(6-2)18(25)15-24-19(26)21(3,22-20(24)27)13-12-16-8-10-17(28-4)11-9-16/h8-11H,5-7,12-15H2,1-4H3,(H,22,27)/t21-/m0/s1. The third-order valence-electron chi connectivity index (χ3n) is 5.23. The lowest BCUT2D eigenvalue weighted by molar-refractivity contribution is -0.138. The third kappa shape index (κ3) is 5.03. The van der Waals surface area contributed by atoms with Gasteiger partial charge in [0.05, 0.1) is 7.11 Å². The fraction of sp³-hybridized carbons (Fsp3) is 0.571. The summed E-state index contributed by atoms with van der Waals surface area (Å²) in [7, 11) is 1.61. The van der Waals surface area contributed by atoms with Crippen molar-refractivity contribution >= 4 is 17.8 Å². The highest BCUT2D eigenvalue weighted by Crippen LogP contribution is 2.24. The molecule has 1 saturated heterocycles. The largest absolute Gasteiger partial charge is 0.497 e. The van der Waals surface area contributed by atoms with Crippen LogP contribution in [0.5, 0.6) is 5.75 Å².